The van der Waals surface area contributed by atoms with Crippen LogP contribution < -0.4 is 10.8 Å². The van der Waals surface area contributed by atoms with Crippen LogP contribution in [0.5, 0.6) is 0 Å². The van der Waals surface area contributed by atoms with Crippen molar-refractivity contribution in [3.05, 3.63) is 14.5 Å². The minimum absolute atomic E-state index is 0. The number of aliphatic hydroxyl groups is 1. The van der Waals surface area contributed by atoms with Crippen molar-refractivity contribution < 1.29 is 49.2 Å². The van der Waals surface area contributed by atoms with E-state index in [-0.39, 0.29) is 32.7 Å². The Hall–Kier alpha value is 0.454. The molecule has 5 nitrogen and oxygen atoms in total. The molecule has 0 rings (SSSR count). The van der Waals surface area contributed by atoms with Gasteiger partial charge in [-0.1, -0.05) is 0 Å². The largest absolute Gasteiger partial charge is 0.460 e. The van der Waals surface area contributed by atoms with Gasteiger partial charge in [-0.25, -0.2) is 6.85 Å². The van der Waals surface area contributed by atoms with Crippen molar-refractivity contribution in [3.8, 4) is 0 Å². The van der Waals surface area contributed by atoms with Gasteiger partial charge in [0.2, 0.25) is 0 Å². The van der Waals surface area contributed by atoms with E-state index in [4.69, 9.17) is 11.7 Å². The monoisotopic (exact) mass is 238 g/mol. The van der Waals surface area contributed by atoms with E-state index in [1.54, 1.807) is 0 Å². The van der Waals surface area contributed by atoms with Crippen LogP contribution in [-0.2, 0) is 37.5 Å². The molecule has 0 fully saturated rings. The second-order valence-corrected chi connectivity index (χ2v) is 1.42. The molecule has 65 valence electrons. The van der Waals surface area contributed by atoms with Gasteiger partial charge in [0.05, 0.1) is 12.6 Å². The Morgan fingerprint density at radius 3 is 2.36 bits per heavy atom. The van der Waals surface area contributed by atoms with Crippen LogP contribution in [0.4, 0.5) is 0 Å². The number of hydroxylamine groups is 1. The zero-order valence-electron chi connectivity index (χ0n) is 7.08. The van der Waals surface area contributed by atoms with E-state index in [2.05, 4.69) is 19.8 Å². The number of nitrogens with one attached hydrogen (secondary N) is 2. The van der Waals surface area contributed by atoms with Crippen LogP contribution >= 0.6 is 0 Å². The number of amides is 1. The molecule has 0 aliphatic heterocycles. The van der Waals surface area contributed by atoms with Gasteiger partial charge in [-0.3, -0.25) is 17.0 Å². The molecule has 0 aliphatic rings. The summed E-state index contributed by atoms with van der Waals surface area (Å²) in [5.74, 6) is -0.701. The summed E-state index contributed by atoms with van der Waals surface area (Å²) < 4.78 is 5.50. The molecule has 1 atom stereocenters. The van der Waals surface area contributed by atoms with Gasteiger partial charge < -0.3 is 17.8 Å². The van der Waals surface area contributed by atoms with Gasteiger partial charge in [0, 0.05) is 32.7 Å². The summed E-state index contributed by atoms with van der Waals surface area (Å²) in [4.78, 5) is 10.4. The maximum Gasteiger partial charge on any atom is 0.260 e. The zero-order valence-corrected chi connectivity index (χ0v) is 8.92. The predicted molar refractivity (Wildman–Crippen MR) is 35.7 cm³/mol. The molecule has 0 aromatic heterocycles. The molecular formula is C5H12N2O3Y-2. The summed E-state index contributed by atoms with van der Waals surface area (Å²) in [6.07, 6.45) is 0. The average molecular weight is 238 g/mol. The van der Waals surface area contributed by atoms with E-state index < -0.39 is 18.6 Å². The van der Waals surface area contributed by atoms with Crippen LogP contribution in [0.15, 0.2) is 0 Å². The fourth-order valence-electron chi connectivity index (χ4n) is 0.318. The first-order valence-corrected chi connectivity index (χ1v) is 2.33. The average Bonchev–Trinajstić information content (AvgIpc) is 2.10. The van der Waals surface area contributed by atoms with E-state index >= 15 is 0 Å². The minimum atomic E-state index is -0.838. The Morgan fingerprint density at radius 2 is 2.27 bits per heavy atom. The van der Waals surface area contributed by atoms with Crippen LogP contribution in [0, 0.1) is 14.5 Å². The Kier molecular flexibility index (Phi) is 13.3. The molecule has 4 N–H and O–H groups in total. The fourth-order valence-corrected chi connectivity index (χ4v) is 0.318. The van der Waals surface area contributed by atoms with Crippen molar-refractivity contribution in [2.24, 2.45) is 0 Å². The molecule has 0 saturated heterocycles. The van der Waals surface area contributed by atoms with Crippen LogP contribution in [0.2, 0.25) is 0 Å². The molecule has 0 aromatic carbocycles. The Labute approximate surface area is 92.8 Å². The number of carbonyl (C=O) groups is 1. The third kappa shape index (κ3) is 6.84. The first-order chi connectivity index (χ1) is 5.26. The Balaban J connectivity index is -0.000000249. The number of hydrogen-bond donors (Lipinski definition) is 4. The van der Waals surface area contributed by atoms with Crippen LogP contribution in [0.25, 0.3) is 0 Å². The molecule has 0 saturated carbocycles. The van der Waals surface area contributed by atoms with Gasteiger partial charge in [0.15, 0.2) is 0 Å². The summed E-state index contributed by atoms with van der Waals surface area (Å²) in [7, 11) is 5.64. The van der Waals surface area contributed by atoms with E-state index in [0.29, 0.717) is 0 Å². The first-order valence-electron chi connectivity index (χ1n) is 3.04. The van der Waals surface area contributed by atoms with Crippen molar-refractivity contribution in [3.63, 3.8) is 0 Å². The predicted octanol–water partition coefficient (Wildman–Crippen LogP) is -1.32. The second-order valence-electron chi connectivity index (χ2n) is 1.42. The third-order valence-corrected chi connectivity index (χ3v) is 0.856. The van der Waals surface area contributed by atoms with Gasteiger partial charge in [-0.15, -0.1) is 0 Å². The van der Waals surface area contributed by atoms with E-state index in [9.17, 15) is 4.79 Å². The summed E-state index contributed by atoms with van der Waals surface area (Å²) in [5.41, 5.74) is 1.37. The third-order valence-electron chi connectivity index (χ3n) is 0.856. The summed E-state index contributed by atoms with van der Waals surface area (Å²) in [6.45, 7) is -0.393. The van der Waals surface area contributed by atoms with Crippen molar-refractivity contribution in [1.29, 1.82) is 0 Å². The van der Waals surface area contributed by atoms with Crippen molar-refractivity contribution in [2.45, 2.75) is 6.04 Å². The van der Waals surface area contributed by atoms with Crippen molar-refractivity contribution in [2.75, 3.05) is 6.61 Å². The van der Waals surface area contributed by atoms with Crippen molar-refractivity contribution in [1.82, 2.24) is 10.8 Å². The van der Waals surface area contributed by atoms with Gasteiger partial charge in [-0.05, 0) is 0 Å². The topological polar surface area (TPSA) is 81.6 Å². The standard InChI is InChI=1S/C4H9N2O3.CH3.Y/c1-5-3(2-7)4(8)6-9;;/h3,5,7,9H,1-2H2,(H,6,8);1H3;/q2*-1;/i;1D;. The fraction of sp³-hybridized carbons (Fsp3) is 0.400. The van der Waals surface area contributed by atoms with Crippen LogP contribution in [-0.4, -0.2) is 28.9 Å². The molecular weight excluding hydrogens is 225 g/mol. The molecule has 1 radical (unpaired) electrons. The summed E-state index contributed by atoms with van der Waals surface area (Å²) >= 11 is 0. The molecule has 0 bridgehead atoms. The molecule has 0 aromatic rings. The zero-order chi connectivity index (χ0) is 9.28. The SMILES string of the molecule is [2H][CH2-].[CH2-]NC(CO)C(=O)NO.[Y]. The normalized spacial score (nSPS) is 11.1. The quantitative estimate of drug-likeness (QED) is 0.279. The maximum atomic E-state index is 10.4. The summed E-state index contributed by atoms with van der Waals surface area (Å²) in [5, 5.41) is 18.6. The number of carbonyl (C=O) groups excluding carboxylic acids is 1. The van der Waals surface area contributed by atoms with Crippen LogP contribution in [0.1, 0.15) is 1.37 Å². The van der Waals surface area contributed by atoms with Gasteiger partial charge in [0.1, 0.15) is 0 Å². The molecule has 1 unspecified atom stereocenters. The first kappa shape index (κ1) is 14.0. The molecule has 1 amide bonds. The summed E-state index contributed by atoms with van der Waals surface area (Å²) in [6, 6.07) is -0.838. The number of aliphatic hydroxyl groups excluding tert-OH is 1. The Morgan fingerprint density at radius 1 is 1.82 bits per heavy atom. The van der Waals surface area contributed by atoms with E-state index in [1.165, 1.54) is 5.48 Å². The van der Waals surface area contributed by atoms with Crippen LogP contribution in [0.3, 0.4) is 0 Å². The number of hydrogen-bond acceptors (Lipinski definition) is 4. The molecule has 6 heteroatoms. The molecule has 0 heterocycles. The minimum Gasteiger partial charge on any atom is -0.460 e. The Bertz CT molecular complexity index is 103. The van der Waals surface area contributed by atoms with E-state index in [0.717, 1.165) is 0 Å². The van der Waals surface area contributed by atoms with Gasteiger partial charge in [-0.2, -0.15) is 0 Å². The molecule has 0 aliphatic carbocycles. The second kappa shape index (κ2) is 10.5. The molecule has 0 spiro atoms. The molecule has 11 heavy (non-hydrogen) atoms. The van der Waals surface area contributed by atoms with Gasteiger partial charge in [0.25, 0.3) is 5.91 Å². The van der Waals surface area contributed by atoms with Gasteiger partial charge >= 0.3 is 0 Å². The smallest absolute Gasteiger partial charge is 0.260 e. The van der Waals surface area contributed by atoms with Crippen molar-refractivity contribution >= 4 is 5.91 Å². The maximum absolute atomic E-state index is 10.4. The number of rotatable bonds is 3. The van der Waals surface area contributed by atoms with E-state index in [1.807, 2.05) is 0 Å².